The summed E-state index contributed by atoms with van der Waals surface area (Å²) in [4.78, 5) is 0. The van der Waals surface area contributed by atoms with Crippen molar-refractivity contribution in [3.8, 4) is 0 Å². The van der Waals surface area contributed by atoms with Gasteiger partial charge < -0.3 is 10.1 Å². The maximum absolute atomic E-state index is 13.1. The number of hydrogen-bond donors (Lipinski definition) is 1. The number of fused-ring (bicyclic) bond motifs is 1. The highest BCUT2D eigenvalue weighted by Gasteiger charge is 2.32. The highest BCUT2D eigenvalue weighted by Crippen LogP contribution is 2.33. The number of nitrogens with one attached hydrogen (secondary N) is 1. The lowest BCUT2D eigenvalue weighted by Gasteiger charge is -2.38. The van der Waals surface area contributed by atoms with Crippen molar-refractivity contribution in [1.82, 2.24) is 5.32 Å². The second-order valence-electron chi connectivity index (χ2n) is 4.23. The fourth-order valence-electron chi connectivity index (χ4n) is 2.36. The average Bonchev–Trinajstić information content (AvgIpc) is 2.15. The largest absolute Gasteiger partial charge is 0.372 e. The van der Waals surface area contributed by atoms with Crippen LogP contribution in [0.3, 0.4) is 0 Å². The minimum Gasteiger partial charge on any atom is -0.372 e. The molecule has 1 N–H and O–H groups in total. The maximum atomic E-state index is 13.1. The summed E-state index contributed by atoms with van der Waals surface area (Å²) in [5.41, 5.74) is 2.28. The van der Waals surface area contributed by atoms with E-state index in [9.17, 15) is 4.39 Å². The van der Waals surface area contributed by atoms with Crippen LogP contribution in [0.4, 0.5) is 4.39 Å². The van der Waals surface area contributed by atoms with Crippen molar-refractivity contribution in [1.29, 1.82) is 0 Å². The Labute approximate surface area is 88.4 Å². The lowest BCUT2D eigenvalue weighted by atomic mass is 9.89. The van der Waals surface area contributed by atoms with E-state index in [1.165, 1.54) is 11.6 Å². The summed E-state index contributed by atoms with van der Waals surface area (Å²) in [6.07, 6.45) is 2.11. The van der Waals surface area contributed by atoms with E-state index >= 15 is 0 Å². The van der Waals surface area contributed by atoms with Gasteiger partial charge >= 0.3 is 0 Å². The van der Waals surface area contributed by atoms with E-state index in [0.29, 0.717) is 12.6 Å². The van der Waals surface area contributed by atoms with Crippen LogP contribution >= 0.6 is 0 Å². The summed E-state index contributed by atoms with van der Waals surface area (Å²) in [6.45, 7) is 1.78. The first-order valence-electron chi connectivity index (χ1n) is 5.48. The average molecular weight is 207 g/mol. The highest BCUT2D eigenvalue weighted by molar-refractivity contribution is 5.33. The fourth-order valence-corrected chi connectivity index (χ4v) is 2.36. The van der Waals surface area contributed by atoms with E-state index in [0.717, 1.165) is 24.9 Å². The molecule has 2 aliphatic rings. The SMILES string of the molecule is Fc1ccc2c(c1)CCO[C@@H]2[C@H]1CCN1. The summed E-state index contributed by atoms with van der Waals surface area (Å²) >= 11 is 0. The van der Waals surface area contributed by atoms with E-state index in [2.05, 4.69) is 5.32 Å². The molecule has 0 aromatic heterocycles. The molecule has 3 rings (SSSR count). The van der Waals surface area contributed by atoms with Crippen LogP contribution in [-0.2, 0) is 11.2 Å². The first-order chi connectivity index (χ1) is 7.34. The van der Waals surface area contributed by atoms with E-state index in [1.807, 2.05) is 6.07 Å². The molecule has 2 nitrogen and oxygen atoms in total. The van der Waals surface area contributed by atoms with E-state index < -0.39 is 0 Å². The Morgan fingerprint density at radius 3 is 3.00 bits per heavy atom. The molecule has 0 bridgehead atoms. The van der Waals surface area contributed by atoms with Crippen molar-refractivity contribution in [3.05, 3.63) is 35.1 Å². The molecule has 0 radical (unpaired) electrons. The van der Waals surface area contributed by atoms with Gasteiger partial charge in [0.1, 0.15) is 5.82 Å². The van der Waals surface area contributed by atoms with Crippen molar-refractivity contribution < 1.29 is 9.13 Å². The number of benzene rings is 1. The predicted molar refractivity (Wildman–Crippen MR) is 55.2 cm³/mol. The van der Waals surface area contributed by atoms with Gasteiger partial charge in [-0.2, -0.15) is 0 Å². The van der Waals surface area contributed by atoms with Crippen molar-refractivity contribution in [3.63, 3.8) is 0 Å². The molecule has 1 saturated heterocycles. The predicted octanol–water partition coefficient (Wildman–Crippen LogP) is 1.80. The summed E-state index contributed by atoms with van der Waals surface area (Å²) in [5, 5.41) is 3.35. The molecule has 0 amide bonds. The maximum Gasteiger partial charge on any atom is 0.123 e. The van der Waals surface area contributed by atoms with Crippen LogP contribution in [0.5, 0.6) is 0 Å². The van der Waals surface area contributed by atoms with Crippen molar-refractivity contribution in [2.75, 3.05) is 13.2 Å². The van der Waals surface area contributed by atoms with Crippen molar-refractivity contribution >= 4 is 0 Å². The Kier molecular flexibility index (Phi) is 2.22. The van der Waals surface area contributed by atoms with Crippen LogP contribution in [0, 0.1) is 5.82 Å². The van der Waals surface area contributed by atoms with Crippen molar-refractivity contribution in [2.24, 2.45) is 0 Å². The lowest BCUT2D eigenvalue weighted by Crippen LogP contribution is -2.48. The number of ether oxygens (including phenoxy) is 1. The summed E-state index contributed by atoms with van der Waals surface area (Å²) in [5.74, 6) is -0.143. The molecular weight excluding hydrogens is 193 g/mol. The van der Waals surface area contributed by atoms with Gasteiger partial charge in [0.15, 0.2) is 0 Å². The van der Waals surface area contributed by atoms with E-state index in [-0.39, 0.29) is 11.9 Å². The minimum atomic E-state index is -0.143. The third-order valence-corrected chi connectivity index (χ3v) is 3.31. The zero-order valence-corrected chi connectivity index (χ0v) is 8.50. The Morgan fingerprint density at radius 2 is 2.27 bits per heavy atom. The molecule has 1 aromatic carbocycles. The van der Waals surface area contributed by atoms with Gasteiger partial charge in [0.25, 0.3) is 0 Å². The van der Waals surface area contributed by atoms with Crippen molar-refractivity contribution in [2.45, 2.75) is 25.0 Å². The van der Waals surface area contributed by atoms with Gasteiger partial charge in [-0.05, 0) is 42.6 Å². The molecule has 0 spiro atoms. The number of halogens is 1. The molecular formula is C12H14FNO. The smallest absolute Gasteiger partial charge is 0.123 e. The Hall–Kier alpha value is -0.930. The van der Waals surface area contributed by atoms with Crippen LogP contribution in [0.1, 0.15) is 23.7 Å². The van der Waals surface area contributed by atoms with Crippen LogP contribution in [0.15, 0.2) is 18.2 Å². The third kappa shape index (κ3) is 1.56. The van der Waals surface area contributed by atoms with Gasteiger partial charge in [-0.15, -0.1) is 0 Å². The summed E-state index contributed by atoms with van der Waals surface area (Å²) in [7, 11) is 0. The van der Waals surface area contributed by atoms with Gasteiger partial charge in [0, 0.05) is 6.04 Å². The Bertz CT molecular complexity index is 376. The first-order valence-corrected chi connectivity index (χ1v) is 5.48. The zero-order valence-electron chi connectivity index (χ0n) is 8.50. The Morgan fingerprint density at radius 1 is 1.40 bits per heavy atom. The Balaban J connectivity index is 1.95. The minimum absolute atomic E-state index is 0.128. The lowest BCUT2D eigenvalue weighted by molar-refractivity contribution is -0.00159. The molecule has 0 unspecified atom stereocenters. The molecule has 80 valence electrons. The molecule has 15 heavy (non-hydrogen) atoms. The van der Waals surface area contributed by atoms with Crippen LogP contribution in [-0.4, -0.2) is 19.2 Å². The first kappa shape index (κ1) is 9.31. The molecule has 1 aromatic rings. The molecule has 0 saturated carbocycles. The summed E-state index contributed by atoms with van der Waals surface area (Å²) in [6, 6.07) is 5.46. The van der Waals surface area contributed by atoms with Gasteiger partial charge in [-0.1, -0.05) is 6.07 Å². The third-order valence-electron chi connectivity index (χ3n) is 3.31. The molecule has 1 fully saturated rings. The van der Waals surface area contributed by atoms with Gasteiger partial charge in [-0.3, -0.25) is 0 Å². The second-order valence-corrected chi connectivity index (χ2v) is 4.23. The number of hydrogen-bond acceptors (Lipinski definition) is 2. The van der Waals surface area contributed by atoms with Gasteiger partial charge in [0.05, 0.1) is 12.7 Å². The molecule has 2 aliphatic heterocycles. The monoisotopic (exact) mass is 207 g/mol. The quantitative estimate of drug-likeness (QED) is 0.758. The highest BCUT2D eigenvalue weighted by atomic mass is 19.1. The fraction of sp³-hybridized carbons (Fsp3) is 0.500. The molecule has 2 atom stereocenters. The standard InChI is InChI=1S/C12H14FNO/c13-9-1-2-10-8(7-9)4-6-15-12(10)11-3-5-14-11/h1-2,7,11-12,14H,3-6H2/t11-,12+/m1/s1. The van der Waals surface area contributed by atoms with Crippen LogP contribution in [0.2, 0.25) is 0 Å². The molecule has 2 heterocycles. The van der Waals surface area contributed by atoms with Gasteiger partial charge in [-0.25, -0.2) is 4.39 Å². The number of rotatable bonds is 1. The van der Waals surface area contributed by atoms with E-state index in [1.54, 1.807) is 6.07 Å². The van der Waals surface area contributed by atoms with Crippen LogP contribution in [0.25, 0.3) is 0 Å². The normalized spacial score (nSPS) is 29.4. The zero-order chi connectivity index (χ0) is 10.3. The second kappa shape index (κ2) is 3.58. The van der Waals surface area contributed by atoms with Crippen LogP contribution < -0.4 is 5.32 Å². The molecule has 3 heteroatoms. The molecule has 0 aliphatic carbocycles. The van der Waals surface area contributed by atoms with Gasteiger partial charge in [0.2, 0.25) is 0 Å². The topological polar surface area (TPSA) is 21.3 Å². The van der Waals surface area contributed by atoms with E-state index in [4.69, 9.17) is 4.74 Å². The summed E-state index contributed by atoms with van der Waals surface area (Å²) < 4.78 is 18.8.